The Hall–Kier alpha value is -0.0800. The summed E-state index contributed by atoms with van der Waals surface area (Å²) < 4.78 is 5.97. The Morgan fingerprint density at radius 1 is 1.00 bits per heavy atom. The fraction of sp³-hybridized carbons (Fsp3) is 1.00. The standard InChI is InChI=1S/C16H35NO/c1-6-8-11-16(7-2)13-18-15(5)10-9-12-17-14(3)4/h14-17H,6-13H2,1-5H3. The molecule has 1 N–H and O–H groups in total. The Bertz CT molecular complexity index is 170. The minimum atomic E-state index is 0.412. The molecule has 0 aromatic heterocycles. The highest BCUT2D eigenvalue weighted by Gasteiger charge is 2.09. The van der Waals surface area contributed by atoms with Crippen molar-refractivity contribution in [1.29, 1.82) is 0 Å². The summed E-state index contributed by atoms with van der Waals surface area (Å²) in [6.45, 7) is 13.2. The van der Waals surface area contributed by atoms with Gasteiger partial charge >= 0.3 is 0 Å². The number of unbranched alkanes of at least 4 members (excludes halogenated alkanes) is 1. The molecule has 0 heterocycles. The van der Waals surface area contributed by atoms with Gasteiger partial charge in [0.2, 0.25) is 0 Å². The van der Waals surface area contributed by atoms with E-state index in [4.69, 9.17) is 4.74 Å². The maximum Gasteiger partial charge on any atom is 0.0547 e. The lowest BCUT2D eigenvalue weighted by molar-refractivity contribution is 0.0309. The third-order valence-electron chi connectivity index (χ3n) is 3.50. The predicted octanol–water partition coefficient (Wildman–Crippen LogP) is 4.39. The molecule has 0 bridgehead atoms. The number of hydrogen-bond acceptors (Lipinski definition) is 2. The van der Waals surface area contributed by atoms with Gasteiger partial charge < -0.3 is 10.1 Å². The van der Waals surface area contributed by atoms with E-state index in [-0.39, 0.29) is 0 Å². The van der Waals surface area contributed by atoms with Crippen LogP contribution < -0.4 is 5.32 Å². The van der Waals surface area contributed by atoms with Gasteiger partial charge in [0.25, 0.3) is 0 Å². The van der Waals surface area contributed by atoms with Gasteiger partial charge in [-0.15, -0.1) is 0 Å². The fourth-order valence-corrected chi connectivity index (χ4v) is 2.06. The van der Waals surface area contributed by atoms with Crippen molar-refractivity contribution in [2.75, 3.05) is 13.2 Å². The molecule has 0 aromatic rings. The van der Waals surface area contributed by atoms with Crippen LogP contribution in [-0.2, 0) is 4.74 Å². The van der Waals surface area contributed by atoms with Crippen LogP contribution in [0.5, 0.6) is 0 Å². The second-order valence-electron chi connectivity index (χ2n) is 5.81. The van der Waals surface area contributed by atoms with Gasteiger partial charge in [0, 0.05) is 12.6 Å². The van der Waals surface area contributed by atoms with Crippen molar-refractivity contribution < 1.29 is 4.74 Å². The van der Waals surface area contributed by atoms with Gasteiger partial charge in [0.15, 0.2) is 0 Å². The van der Waals surface area contributed by atoms with Crippen molar-refractivity contribution in [3.8, 4) is 0 Å². The Morgan fingerprint density at radius 2 is 1.72 bits per heavy atom. The highest BCUT2D eigenvalue weighted by atomic mass is 16.5. The molecule has 0 fully saturated rings. The van der Waals surface area contributed by atoms with Gasteiger partial charge in [-0.05, 0) is 38.6 Å². The zero-order valence-corrected chi connectivity index (χ0v) is 13.3. The molecule has 2 atom stereocenters. The molecule has 0 aromatic carbocycles. The van der Waals surface area contributed by atoms with E-state index in [9.17, 15) is 0 Å². The molecular weight excluding hydrogens is 222 g/mol. The van der Waals surface area contributed by atoms with Crippen molar-refractivity contribution in [2.24, 2.45) is 5.92 Å². The highest BCUT2D eigenvalue weighted by Crippen LogP contribution is 2.14. The van der Waals surface area contributed by atoms with E-state index in [1.165, 1.54) is 38.5 Å². The van der Waals surface area contributed by atoms with Crippen LogP contribution in [0.1, 0.15) is 73.1 Å². The molecule has 18 heavy (non-hydrogen) atoms. The highest BCUT2D eigenvalue weighted by molar-refractivity contribution is 4.60. The molecule has 0 aliphatic rings. The molecule has 0 saturated heterocycles. The summed E-state index contributed by atoms with van der Waals surface area (Å²) >= 11 is 0. The molecule has 0 saturated carbocycles. The van der Waals surface area contributed by atoms with E-state index in [1.54, 1.807) is 0 Å². The summed E-state index contributed by atoms with van der Waals surface area (Å²) in [7, 11) is 0. The summed E-state index contributed by atoms with van der Waals surface area (Å²) in [4.78, 5) is 0. The van der Waals surface area contributed by atoms with E-state index in [0.29, 0.717) is 12.1 Å². The summed E-state index contributed by atoms with van der Waals surface area (Å²) in [5.74, 6) is 0.765. The minimum absolute atomic E-state index is 0.412. The van der Waals surface area contributed by atoms with E-state index in [2.05, 4.69) is 39.9 Å². The predicted molar refractivity (Wildman–Crippen MR) is 81.1 cm³/mol. The molecule has 2 unspecified atom stereocenters. The second kappa shape index (κ2) is 12.0. The van der Waals surface area contributed by atoms with Crippen molar-refractivity contribution in [3.05, 3.63) is 0 Å². The molecule has 2 nitrogen and oxygen atoms in total. The second-order valence-corrected chi connectivity index (χ2v) is 5.81. The smallest absolute Gasteiger partial charge is 0.0547 e. The summed E-state index contributed by atoms with van der Waals surface area (Å²) in [5, 5.41) is 3.45. The molecule has 0 radical (unpaired) electrons. The van der Waals surface area contributed by atoms with Crippen LogP contribution in [0.25, 0.3) is 0 Å². The van der Waals surface area contributed by atoms with Crippen molar-refractivity contribution in [1.82, 2.24) is 5.32 Å². The largest absolute Gasteiger partial charge is 0.378 e. The fourth-order valence-electron chi connectivity index (χ4n) is 2.06. The Labute approximate surface area is 115 Å². The Balaban J connectivity index is 3.51. The molecule has 0 amide bonds. The monoisotopic (exact) mass is 257 g/mol. The summed E-state index contributed by atoms with van der Waals surface area (Å²) in [6.07, 6.45) is 8.02. The lowest BCUT2D eigenvalue weighted by atomic mass is 10.0. The maximum atomic E-state index is 5.97. The molecule has 0 aliphatic heterocycles. The molecule has 0 aliphatic carbocycles. The van der Waals surface area contributed by atoms with Gasteiger partial charge in [-0.25, -0.2) is 0 Å². The van der Waals surface area contributed by atoms with Gasteiger partial charge in [-0.2, -0.15) is 0 Å². The minimum Gasteiger partial charge on any atom is -0.378 e. The van der Waals surface area contributed by atoms with Crippen LogP contribution in [0.15, 0.2) is 0 Å². The zero-order chi connectivity index (χ0) is 13.8. The number of nitrogens with one attached hydrogen (secondary N) is 1. The van der Waals surface area contributed by atoms with Gasteiger partial charge in [0.05, 0.1) is 6.10 Å². The van der Waals surface area contributed by atoms with Crippen LogP contribution in [0, 0.1) is 5.92 Å². The Morgan fingerprint density at radius 3 is 2.28 bits per heavy atom. The molecular formula is C16H35NO. The van der Waals surface area contributed by atoms with E-state index in [0.717, 1.165) is 19.1 Å². The van der Waals surface area contributed by atoms with Crippen LogP contribution in [0.4, 0.5) is 0 Å². The van der Waals surface area contributed by atoms with Crippen LogP contribution in [-0.4, -0.2) is 25.3 Å². The molecule has 110 valence electrons. The van der Waals surface area contributed by atoms with E-state index < -0.39 is 0 Å². The van der Waals surface area contributed by atoms with Crippen LogP contribution in [0.3, 0.4) is 0 Å². The van der Waals surface area contributed by atoms with E-state index in [1.807, 2.05) is 0 Å². The SMILES string of the molecule is CCCCC(CC)COC(C)CCCNC(C)C. The summed E-state index contributed by atoms with van der Waals surface area (Å²) in [6, 6.07) is 0.597. The van der Waals surface area contributed by atoms with Crippen LogP contribution >= 0.6 is 0 Å². The quantitative estimate of drug-likeness (QED) is 0.524. The van der Waals surface area contributed by atoms with Crippen molar-refractivity contribution >= 4 is 0 Å². The average Bonchev–Trinajstić information content (AvgIpc) is 2.34. The first-order chi connectivity index (χ1) is 8.60. The third kappa shape index (κ3) is 11.0. The number of hydrogen-bond donors (Lipinski definition) is 1. The first-order valence-corrected chi connectivity index (χ1v) is 7.95. The lowest BCUT2D eigenvalue weighted by Gasteiger charge is -2.19. The first-order valence-electron chi connectivity index (χ1n) is 7.95. The molecule has 0 rings (SSSR count). The van der Waals surface area contributed by atoms with Crippen LogP contribution in [0.2, 0.25) is 0 Å². The average molecular weight is 257 g/mol. The van der Waals surface area contributed by atoms with Gasteiger partial charge in [0.1, 0.15) is 0 Å². The number of rotatable bonds is 12. The first kappa shape index (κ1) is 17.9. The molecule has 0 spiro atoms. The van der Waals surface area contributed by atoms with Crippen molar-refractivity contribution in [2.45, 2.75) is 85.3 Å². The zero-order valence-electron chi connectivity index (χ0n) is 13.3. The van der Waals surface area contributed by atoms with Gasteiger partial charge in [-0.1, -0.05) is 47.0 Å². The van der Waals surface area contributed by atoms with Crippen molar-refractivity contribution in [3.63, 3.8) is 0 Å². The maximum absolute atomic E-state index is 5.97. The normalized spacial score (nSPS) is 15.0. The topological polar surface area (TPSA) is 21.3 Å². The summed E-state index contributed by atoms with van der Waals surface area (Å²) in [5.41, 5.74) is 0. The number of ether oxygens (including phenoxy) is 1. The Kier molecular flexibility index (Phi) is 11.9. The third-order valence-corrected chi connectivity index (χ3v) is 3.50. The van der Waals surface area contributed by atoms with Gasteiger partial charge in [-0.3, -0.25) is 0 Å². The molecule has 2 heteroatoms. The van der Waals surface area contributed by atoms with E-state index >= 15 is 0 Å². The lowest BCUT2D eigenvalue weighted by Crippen LogP contribution is -2.25.